The first-order chi connectivity index (χ1) is 14.1. The van der Waals surface area contributed by atoms with Gasteiger partial charge >= 0.3 is 0 Å². The topological polar surface area (TPSA) is 74.2 Å². The zero-order valence-electron chi connectivity index (χ0n) is 16.3. The predicted molar refractivity (Wildman–Crippen MR) is 112 cm³/mol. The lowest BCUT2D eigenvalue weighted by Gasteiger charge is -2.30. The highest BCUT2D eigenvalue weighted by Crippen LogP contribution is 2.35. The van der Waals surface area contributed by atoms with Crippen LogP contribution in [-0.4, -0.2) is 41.5 Å². The number of piperidine rings is 1. The summed E-state index contributed by atoms with van der Waals surface area (Å²) in [6.45, 7) is 3.42. The number of likely N-dealkylation sites (tertiary alicyclic amines) is 1. The van der Waals surface area contributed by atoms with Crippen LogP contribution in [0.25, 0.3) is 22.2 Å². The molecule has 0 bridgehead atoms. The highest BCUT2D eigenvalue weighted by molar-refractivity contribution is 6.10. The van der Waals surface area contributed by atoms with E-state index < -0.39 is 5.82 Å². The van der Waals surface area contributed by atoms with Crippen molar-refractivity contribution in [2.75, 3.05) is 19.6 Å². The quantitative estimate of drug-likeness (QED) is 0.641. The lowest BCUT2D eigenvalue weighted by atomic mass is 9.99. The van der Waals surface area contributed by atoms with Crippen molar-refractivity contribution >= 4 is 16.8 Å². The average Bonchev–Trinajstić information content (AvgIpc) is 2.97. The molecule has 4 N–H and O–H groups in total. The Morgan fingerprint density at radius 1 is 1.24 bits per heavy atom. The molecule has 6 heteroatoms. The van der Waals surface area contributed by atoms with E-state index in [1.807, 2.05) is 0 Å². The minimum Gasteiger partial charge on any atom is -0.354 e. The molecule has 1 aromatic heterocycles. The lowest BCUT2D eigenvalue weighted by Crippen LogP contribution is -2.42. The van der Waals surface area contributed by atoms with Gasteiger partial charge < -0.3 is 16.0 Å². The summed E-state index contributed by atoms with van der Waals surface area (Å²) in [6.07, 6.45) is 2.95. The first-order valence-electron chi connectivity index (χ1n) is 10.3. The van der Waals surface area contributed by atoms with Gasteiger partial charge in [0.05, 0.1) is 5.56 Å². The first-order valence-corrected chi connectivity index (χ1v) is 10.3. The van der Waals surface area contributed by atoms with Crippen LogP contribution in [0.3, 0.4) is 0 Å². The Hall–Kier alpha value is -2.70. The number of amides is 1. The second-order valence-corrected chi connectivity index (χ2v) is 8.20. The van der Waals surface area contributed by atoms with Gasteiger partial charge in [-0.05, 0) is 60.7 Å². The van der Waals surface area contributed by atoms with Crippen LogP contribution >= 0.6 is 0 Å². The number of aromatic nitrogens is 1. The van der Waals surface area contributed by atoms with Gasteiger partial charge in [-0.15, -0.1) is 0 Å². The number of nitrogens with one attached hydrogen (secondary N) is 2. The Morgan fingerprint density at radius 3 is 3.00 bits per heavy atom. The first kappa shape index (κ1) is 18.3. The molecule has 5 rings (SSSR count). The minimum atomic E-state index is -0.404. The van der Waals surface area contributed by atoms with Gasteiger partial charge in [-0.2, -0.15) is 0 Å². The summed E-state index contributed by atoms with van der Waals surface area (Å²) in [5.41, 5.74) is 11.6. The van der Waals surface area contributed by atoms with Crippen LogP contribution in [0.4, 0.5) is 4.39 Å². The summed E-state index contributed by atoms with van der Waals surface area (Å²) in [7, 11) is 0. The summed E-state index contributed by atoms with van der Waals surface area (Å²) in [5, 5.41) is 3.71. The van der Waals surface area contributed by atoms with Gasteiger partial charge in [-0.1, -0.05) is 18.2 Å². The van der Waals surface area contributed by atoms with Gasteiger partial charge in [-0.25, -0.2) is 4.39 Å². The van der Waals surface area contributed by atoms with Gasteiger partial charge in [0.15, 0.2) is 0 Å². The summed E-state index contributed by atoms with van der Waals surface area (Å²) in [6, 6.07) is 11.5. The molecule has 29 heavy (non-hydrogen) atoms. The molecule has 150 valence electrons. The molecule has 5 nitrogen and oxygen atoms in total. The van der Waals surface area contributed by atoms with Crippen molar-refractivity contribution in [1.29, 1.82) is 0 Å². The zero-order valence-corrected chi connectivity index (χ0v) is 16.3. The van der Waals surface area contributed by atoms with Crippen molar-refractivity contribution < 1.29 is 9.18 Å². The molecule has 1 atom stereocenters. The summed E-state index contributed by atoms with van der Waals surface area (Å²) in [4.78, 5) is 18.2. The van der Waals surface area contributed by atoms with Crippen molar-refractivity contribution in [3.8, 4) is 11.3 Å². The number of hydrogen-bond acceptors (Lipinski definition) is 3. The second kappa shape index (κ2) is 7.28. The van der Waals surface area contributed by atoms with E-state index in [4.69, 9.17) is 5.73 Å². The van der Waals surface area contributed by atoms with Gasteiger partial charge in [0.1, 0.15) is 5.82 Å². The number of hydrogen-bond donors (Lipinski definition) is 3. The molecule has 1 fully saturated rings. The number of benzene rings is 2. The average molecular weight is 392 g/mol. The Labute approximate surface area is 169 Å². The molecule has 3 heterocycles. The Balaban J connectivity index is 1.55. The highest BCUT2D eigenvalue weighted by Gasteiger charge is 2.24. The Kier molecular flexibility index (Phi) is 4.60. The van der Waals surface area contributed by atoms with Crippen LogP contribution in [0.1, 0.15) is 34.3 Å². The second-order valence-electron chi connectivity index (χ2n) is 8.20. The molecular weight excluding hydrogens is 367 g/mol. The van der Waals surface area contributed by atoms with Crippen LogP contribution in [-0.2, 0) is 13.0 Å². The molecule has 1 amide bonds. The number of nitrogens with zero attached hydrogens (tertiary/aromatic N) is 1. The summed E-state index contributed by atoms with van der Waals surface area (Å²) >= 11 is 0. The fourth-order valence-electron chi connectivity index (χ4n) is 4.76. The molecule has 0 saturated carbocycles. The largest absolute Gasteiger partial charge is 0.354 e. The van der Waals surface area contributed by atoms with E-state index in [1.165, 1.54) is 17.7 Å². The van der Waals surface area contributed by atoms with Crippen molar-refractivity contribution in [3.63, 3.8) is 0 Å². The molecule has 2 aliphatic rings. The number of nitrogens with two attached hydrogens (primary N) is 1. The van der Waals surface area contributed by atoms with Gasteiger partial charge in [0.2, 0.25) is 0 Å². The summed E-state index contributed by atoms with van der Waals surface area (Å²) in [5.74, 6) is -0.618. The molecular formula is C23H25FN4O. The minimum absolute atomic E-state index is 0.214. The highest BCUT2D eigenvalue weighted by atomic mass is 19.1. The number of carbonyl (C=O) groups is 1. The third-order valence-corrected chi connectivity index (χ3v) is 6.04. The number of carbonyl (C=O) groups excluding carboxylic acids is 1. The lowest BCUT2D eigenvalue weighted by molar-refractivity contribution is 0.0957. The van der Waals surface area contributed by atoms with E-state index >= 15 is 0 Å². The van der Waals surface area contributed by atoms with Gasteiger partial charge in [0.25, 0.3) is 5.91 Å². The molecule has 3 aromatic rings. The molecule has 2 aromatic carbocycles. The fourth-order valence-corrected chi connectivity index (χ4v) is 4.76. The maximum atomic E-state index is 14.1. The van der Waals surface area contributed by atoms with Crippen LogP contribution in [0.15, 0.2) is 36.4 Å². The van der Waals surface area contributed by atoms with Crippen LogP contribution < -0.4 is 11.1 Å². The van der Waals surface area contributed by atoms with E-state index in [2.05, 4.69) is 39.5 Å². The van der Waals surface area contributed by atoms with Gasteiger partial charge in [0, 0.05) is 42.3 Å². The molecule has 0 radical (unpaired) electrons. The smallest absolute Gasteiger partial charge is 0.252 e. The standard InChI is InChI=1S/C23H25FN4O/c24-16-10-19-21-18(6-7-26-23(19)29)22(27-20(21)11-16)15-4-1-3-14(9-15)12-28-8-2-5-17(25)13-28/h1,3-4,9-11,17,27H,2,5-8,12-13,25H2,(H,26,29). The molecule has 1 saturated heterocycles. The van der Waals surface area contributed by atoms with Gasteiger partial charge in [-0.3, -0.25) is 9.69 Å². The van der Waals surface area contributed by atoms with Crippen molar-refractivity contribution in [2.24, 2.45) is 5.73 Å². The molecule has 0 aliphatic carbocycles. The number of aromatic amines is 1. The van der Waals surface area contributed by atoms with Crippen LogP contribution in [0.2, 0.25) is 0 Å². The Bertz CT molecular complexity index is 1090. The molecule has 1 unspecified atom stereocenters. The fraction of sp³-hybridized carbons (Fsp3) is 0.348. The van der Waals surface area contributed by atoms with Crippen LogP contribution in [0.5, 0.6) is 0 Å². The molecule has 2 aliphatic heterocycles. The number of halogens is 1. The third kappa shape index (κ3) is 3.43. The zero-order chi connectivity index (χ0) is 20.0. The normalized spacial score (nSPS) is 19.9. The maximum absolute atomic E-state index is 14.1. The Morgan fingerprint density at radius 2 is 2.14 bits per heavy atom. The van der Waals surface area contributed by atoms with E-state index in [1.54, 1.807) is 0 Å². The maximum Gasteiger partial charge on any atom is 0.252 e. The number of rotatable bonds is 3. The van der Waals surface area contributed by atoms with E-state index in [-0.39, 0.29) is 11.9 Å². The SMILES string of the molecule is NC1CCCN(Cc2cccc(-c3[nH]c4cc(F)cc5c4c3CCNC5=O)c2)C1. The van der Waals surface area contributed by atoms with E-state index in [9.17, 15) is 9.18 Å². The van der Waals surface area contributed by atoms with Crippen molar-refractivity contribution in [1.82, 2.24) is 15.2 Å². The summed E-state index contributed by atoms with van der Waals surface area (Å²) < 4.78 is 14.1. The predicted octanol–water partition coefficient (Wildman–Crippen LogP) is 3.18. The number of H-pyrrole nitrogens is 1. The van der Waals surface area contributed by atoms with E-state index in [0.717, 1.165) is 54.7 Å². The molecule has 0 spiro atoms. The third-order valence-electron chi connectivity index (χ3n) is 6.04. The van der Waals surface area contributed by atoms with Crippen molar-refractivity contribution in [3.05, 3.63) is 58.9 Å². The van der Waals surface area contributed by atoms with Crippen molar-refractivity contribution in [2.45, 2.75) is 31.8 Å². The monoisotopic (exact) mass is 392 g/mol. The van der Waals surface area contributed by atoms with Crippen LogP contribution in [0, 0.1) is 5.82 Å². The van der Waals surface area contributed by atoms with E-state index in [0.29, 0.717) is 24.0 Å².